The number of hydrogen-bond donors (Lipinski definition) is 2. The fourth-order valence-electron chi connectivity index (χ4n) is 1.61. The van der Waals surface area contributed by atoms with Crippen molar-refractivity contribution in [3.05, 3.63) is 28.8 Å². The Bertz CT molecular complexity index is 419. The molecular weight excluding hydrogens is 270 g/mol. The molecule has 0 atom stereocenters. The highest BCUT2D eigenvalue weighted by Crippen LogP contribution is 2.21. The molecule has 0 aromatic heterocycles. The SMILES string of the molecule is Cc1cc(Cl)ccc1OCC(=O)N(CCO)CCO. The van der Waals surface area contributed by atoms with Gasteiger partial charge in [-0.3, -0.25) is 4.79 Å². The third-order valence-corrected chi connectivity index (χ3v) is 2.82. The van der Waals surface area contributed by atoms with E-state index in [1.807, 2.05) is 6.92 Å². The number of aliphatic hydroxyl groups excluding tert-OH is 2. The summed E-state index contributed by atoms with van der Waals surface area (Å²) in [6, 6.07) is 5.14. The highest BCUT2D eigenvalue weighted by molar-refractivity contribution is 6.30. The number of amides is 1. The first-order valence-corrected chi connectivity index (χ1v) is 6.34. The molecule has 106 valence electrons. The molecule has 0 aliphatic carbocycles. The van der Waals surface area contributed by atoms with Gasteiger partial charge in [0, 0.05) is 18.1 Å². The van der Waals surface area contributed by atoms with Gasteiger partial charge in [0.05, 0.1) is 13.2 Å². The Morgan fingerprint density at radius 1 is 1.32 bits per heavy atom. The summed E-state index contributed by atoms with van der Waals surface area (Å²) in [5.74, 6) is 0.308. The van der Waals surface area contributed by atoms with Crippen LogP contribution >= 0.6 is 11.6 Å². The summed E-state index contributed by atoms with van der Waals surface area (Å²) in [7, 11) is 0. The van der Waals surface area contributed by atoms with E-state index in [4.69, 9.17) is 26.6 Å². The Labute approximate surface area is 117 Å². The number of nitrogens with zero attached hydrogens (tertiary/aromatic N) is 1. The average Bonchev–Trinajstić information content (AvgIpc) is 2.37. The number of halogens is 1. The van der Waals surface area contributed by atoms with Gasteiger partial charge >= 0.3 is 0 Å². The van der Waals surface area contributed by atoms with Gasteiger partial charge in [-0.25, -0.2) is 0 Å². The topological polar surface area (TPSA) is 70.0 Å². The van der Waals surface area contributed by atoms with E-state index in [1.165, 1.54) is 4.90 Å². The Kier molecular flexibility index (Phi) is 6.62. The number of aryl methyl sites for hydroxylation is 1. The summed E-state index contributed by atoms with van der Waals surface area (Å²) in [6.45, 7) is 1.77. The summed E-state index contributed by atoms with van der Waals surface area (Å²) in [5, 5.41) is 18.3. The molecule has 0 radical (unpaired) electrons. The molecule has 0 saturated carbocycles. The molecule has 0 aliphatic rings. The molecule has 0 unspecified atom stereocenters. The molecule has 1 rings (SSSR count). The number of hydrogen-bond acceptors (Lipinski definition) is 4. The van der Waals surface area contributed by atoms with Crippen molar-refractivity contribution in [3.8, 4) is 5.75 Å². The van der Waals surface area contributed by atoms with E-state index in [9.17, 15) is 4.79 Å². The highest BCUT2D eigenvalue weighted by Gasteiger charge is 2.13. The maximum atomic E-state index is 11.8. The summed E-state index contributed by atoms with van der Waals surface area (Å²) in [5.41, 5.74) is 0.844. The fourth-order valence-corrected chi connectivity index (χ4v) is 1.83. The zero-order chi connectivity index (χ0) is 14.3. The van der Waals surface area contributed by atoms with Crippen molar-refractivity contribution in [1.29, 1.82) is 0 Å². The quantitative estimate of drug-likeness (QED) is 0.780. The largest absolute Gasteiger partial charge is 0.483 e. The van der Waals surface area contributed by atoms with Crippen LogP contribution in [-0.4, -0.2) is 53.9 Å². The second-order valence-electron chi connectivity index (χ2n) is 4.03. The lowest BCUT2D eigenvalue weighted by Gasteiger charge is -2.21. The van der Waals surface area contributed by atoms with E-state index in [-0.39, 0.29) is 38.8 Å². The summed E-state index contributed by atoms with van der Waals surface area (Å²) in [6.07, 6.45) is 0. The van der Waals surface area contributed by atoms with Crippen LogP contribution in [-0.2, 0) is 4.79 Å². The summed E-state index contributed by atoms with van der Waals surface area (Å²) < 4.78 is 5.41. The van der Waals surface area contributed by atoms with Crippen molar-refractivity contribution >= 4 is 17.5 Å². The molecule has 0 aliphatic heterocycles. The van der Waals surface area contributed by atoms with Gasteiger partial charge in [0.1, 0.15) is 5.75 Å². The molecule has 1 aromatic carbocycles. The summed E-state index contributed by atoms with van der Waals surface area (Å²) >= 11 is 5.83. The van der Waals surface area contributed by atoms with Crippen molar-refractivity contribution < 1.29 is 19.7 Å². The maximum Gasteiger partial charge on any atom is 0.260 e. The van der Waals surface area contributed by atoms with Gasteiger partial charge in [-0.2, -0.15) is 0 Å². The number of aliphatic hydroxyl groups is 2. The molecule has 6 heteroatoms. The second-order valence-corrected chi connectivity index (χ2v) is 4.46. The molecule has 1 aromatic rings. The molecular formula is C13H18ClNO4. The molecule has 0 fully saturated rings. The van der Waals surface area contributed by atoms with E-state index >= 15 is 0 Å². The van der Waals surface area contributed by atoms with Crippen molar-refractivity contribution in [2.45, 2.75) is 6.92 Å². The highest BCUT2D eigenvalue weighted by atomic mass is 35.5. The van der Waals surface area contributed by atoms with E-state index in [0.717, 1.165) is 5.56 Å². The van der Waals surface area contributed by atoms with Crippen LogP contribution < -0.4 is 4.74 Å². The van der Waals surface area contributed by atoms with Crippen LogP contribution in [0.4, 0.5) is 0 Å². The van der Waals surface area contributed by atoms with Crippen LogP contribution in [0.15, 0.2) is 18.2 Å². The molecule has 5 nitrogen and oxygen atoms in total. The number of carbonyl (C=O) groups is 1. The minimum Gasteiger partial charge on any atom is -0.483 e. The van der Waals surface area contributed by atoms with Gasteiger partial charge < -0.3 is 19.8 Å². The first kappa shape index (κ1) is 15.8. The zero-order valence-corrected chi connectivity index (χ0v) is 11.6. The molecule has 0 spiro atoms. The van der Waals surface area contributed by atoms with Gasteiger partial charge in [0.25, 0.3) is 5.91 Å². The molecule has 0 heterocycles. The van der Waals surface area contributed by atoms with Gasteiger partial charge in [0.2, 0.25) is 0 Å². The van der Waals surface area contributed by atoms with Gasteiger partial charge in [0.15, 0.2) is 6.61 Å². The van der Waals surface area contributed by atoms with Crippen LogP contribution in [0.5, 0.6) is 5.75 Å². The van der Waals surface area contributed by atoms with Crippen LogP contribution in [0.2, 0.25) is 5.02 Å². The molecule has 19 heavy (non-hydrogen) atoms. The fraction of sp³-hybridized carbons (Fsp3) is 0.462. The monoisotopic (exact) mass is 287 g/mol. The van der Waals surface area contributed by atoms with E-state index in [2.05, 4.69) is 0 Å². The lowest BCUT2D eigenvalue weighted by atomic mass is 10.2. The van der Waals surface area contributed by atoms with Crippen LogP contribution in [0.3, 0.4) is 0 Å². The first-order valence-electron chi connectivity index (χ1n) is 5.97. The van der Waals surface area contributed by atoms with Gasteiger partial charge in [-0.1, -0.05) is 11.6 Å². The predicted molar refractivity (Wildman–Crippen MR) is 72.4 cm³/mol. The van der Waals surface area contributed by atoms with Crippen molar-refractivity contribution in [1.82, 2.24) is 4.90 Å². The smallest absolute Gasteiger partial charge is 0.260 e. The lowest BCUT2D eigenvalue weighted by Crippen LogP contribution is -2.38. The predicted octanol–water partition coefficient (Wildman–Crippen LogP) is 0.840. The second kappa shape index (κ2) is 7.99. The maximum absolute atomic E-state index is 11.8. The number of ether oxygens (including phenoxy) is 1. The van der Waals surface area contributed by atoms with Crippen molar-refractivity contribution in [2.75, 3.05) is 32.9 Å². The molecule has 0 saturated heterocycles. The number of rotatable bonds is 7. The Morgan fingerprint density at radius 2 is 1.95 bits per heavy atom. The van der Waals surface area contributed by atoms with E-state index in [1.54, 1.807) is 18.2 Å². The number of benzene rings is 1. The first-order chi connectivity index (χ1) is 9.08. The van der Waals surface area contributed by atoms with Crippen LogP contribution in [0.1, 0.15) is 5.56 Å². The minimum absolute atomic E-state index is 0.136. The summed E-state index contributed by atoms with van der Waals surface area (Å²) in [4.78, 5) is 13.2. The van der Waals surface area contributed by atoms with E-state index < -0.39 is 0 Å². The molecule has 0 bridgehead atoms. The molecule has 1 amide bonds. The minimum atomic E-state index is -0.280. The zero-order valence-electron chi connectivity index (χ0n) is 10.8. The van der Waals surface area contributed by atoms with Crippen LogP contribution in [0.25, 0.3) is 0 Å². The van der Waals surface area contributed by atoms with Crippen LogP contribution in [0, 0.1) is 6.92 Å². The van der Waals surface area contributed by atoms with Crippen molar-refractivity contribution in [2.24, 2.45) is 0 Å². The Morgan fingerprint density at radius 3 is 2.47 bits per heavy atom. The molecule has 2 N–H and O–H groups in total. The van der Waals surface area contributed by atoms with Gasteiger partial charge in [-0.15, -0.1) is 0 Å². The number of carbonyl (C=O) groups excluding carboxylic acids is 1. The normalized spacial score (nSPS) is 10.3. The third-order valence-electron chi connectivity index (χ3n) is 2.58. The van der Waals surface area contributed by atoms with Crippen molar-refractivity contribution in [3.63, 3.8) is 0 Å². The lowest BCUT2D eigenvalue weighted by molar-refractivity contribution is -0.134. The Hall–Kier alpha value is -1.30. The standard InChI is InChI=1S/C13H18ClNO4/c1-10-8-11(14)2-3-12(10)19-9-13(18)15(4-6-16)5-7-17/h2-3,8,16-17H,4-7,9H2,1H3. The van der Waals surface area contributed by atoms with Gasteiger partial charge in [-0.05, 0) is 30.7 Å². The average molecular weight is 288 g/mol. The third kappa shape index (κ3) is 5.06. The van der Waals surface area contributed by atoms with E-state index in [0.29, 0.717) is 10.8 Å². The Balaban J connectivity index is 2.56.